The van der Waals surface area contributed by atoms with Crippen LogP contribution in [0, 0.1) is 19.7 Å². The molecule has 1 aromatic rings. The summed E-state index contributed by atoms with van der Waals surface area (Å²) in [5, 5.41) is 0. The summed E-state index contributed by atoms with van der Waals surface area (Å²) in [4.78, 5) is 11.7. The highest BCUT2D eigenvalue weighted by Gasteiger charge is 2.09. The van der Waals surface area contributed by atoms with Crippen molar-refractivity contribution in [1.29, 1.82) is 0 Å². The van der Waals surface area contributed by atoms with E-state index in [9.17, 15) is 9.18 Å². The zero-order valence-electron chi connectivity index (χ0n) is 9.56. The third-order valence-electron chi connectivity index (χ3n) is 2.52. The maximum Gasteiger partial charge on any atom is 0.162 e. The van der Waals surface area contributed by atoms with Crippen molar-refractivity contribution >= 4 is 5.78 Å². The Balaban J connectivity index is 2.91. The lowest BCUT2D eigenvalue weighted by molar-refractivity contribution is 0.0979. The highest BCUT2D eigenvalue weighted by molar-refractivity contribution is 5.96. The smallest absolute Gasteiger partial charge is 0.162 e. The molecule has 1 nitrogen and oxygen atoms in total. The number of benzene rings is 1. The second-order valence-corrected chi connectivity index (χ2v) is 3.95. The summed E-state index contributed by atoms with van der Waals surface area (Å²) < 4.78 is 13.3. The first-order valence-corrected chi connectivity index (χ1v) is 5.36. The molecule has 0 aliphatic carbocycles. The third kappa shape index (κ3) is 2.88. The van der Waals surface area contributed by atoms with Gasteiger partial charge in [0, 0.05) is 12.0 Å². The molecule has 1 rings (SSSR count). The summed E-state index contributed by atoms with van der Waals surface area (Å²) in [7, 11) is 0. The van der Waals surface area contributed by atoms with Gasteiger partial charge in [-0.05, 0) is 43.5 Å². The van der Waals surface area contributed by atoms with Crippen LogP contribution in [0.2, 0.25) is 0 Å². The zero-order chi connectivity index (χ0) is 11.4. The van der Waals surface area contributed by atoms with E-state index in [-0.39, 0.29) is 11.6 Å². The van der Waals surface area contributed by atoms with Crippen molar-refractivity contribution in [2.24, 2.45) is 0 Å². The molecule has 0 aromatic heterocycles. The quantitative estimate of drug-likeness (QED) is 0.687. The van der Waals surface area contributed by atoms with E-state index in [0.717, 1.165) is 12.8 Å². The van der Waals surface area contributed by atoms with Gasteiger partial charge < -0.3 is 0 Å². The van der Waals surface area contributed by atoms with Gasteiger partial charge in [0.05, 0.1) is 0 Å². The van der Waals surface area contributed by atoms with Crippen molar-refractivity contribution in [3.8, 4) is 0 Å². The van der Waals surface area contributed by atoms with Gasteiger partial charge in [-0.1, -0.05) is 13.3 Å². The molecule has 82 valence electrons. The van der Waals surface area contributed by atoms with E-state index in [0.29, 0.717) is 23.1 Å². The largest absolute Gasteiger partial charge is 0.294 e. The molecule has 0 heterocycles. The van der Waals surface area contributed by atoms with Gasteiger partial charge in [-0.3, -0.25) is 4.79 Å². The van der Waals surface area contributed by atoms with Crippen LogP contribution in [0.25, 0.3) is 0 Å². The first-order chi connectivity index (χ1) is 7.06. The summed E-state index contributed by atoms with van der Waals surface area (Å²) >= 11 is 0. The minimum Gasteiger partial charge on any atom is -0.294 e. The molecule has 1 aromatic carbocycles. The molecule has 0 unspecified atom stereocenters. The highest BCUT2D eigenvalue weighted by Crippen LogP contribution is 2.16. The molecular weight excluding hydrogens is 191 g/mol. The number of hydrogen-bond acceptors (Lipinski definition) is 1. The van der Waals surface area contributed by atoms with Gasteiger partial charge in [0.15, 0.2) is 5.78 Å². The molecule has 0 atom stereocenters. The summed E-state index contributed by atoms with van der Waals surface area (Å²) in [5.74, 6) is -0.0925. The third-order valence-corrected chi connectivity index (χ3v) is 2.52. The van der Waals surface area contributed by atoms with Crippen molar-refractivity contribution in [1.82, 2.24) is 0 Å². The zero-order valence-corrected chi connectivity index (χ0v) is 9.56. The van der Waals surface area contributed by atoms with E-state index in [1.54, 1.807) is 26.0 Å². The molecule has 2 heteroatoms. The summed E-state index contributed by atoms with van der Waals surface area (Å²) in [6.07, 6.45) is 2.46. The fraction of sp³-hybridized carbons (Fsp3) is 0.462. The van der Waals surface area contributed by atoms with Crippen molar-refractivity contribution in [3.63, 3.8) is 0 Å². The fourth-order valence-electron chi connectivity index (χ4n) is 1.59. The summed E-state index contributed by atoms with van der Waals surface area (Å²) in [6, 6.07) is 3.28. The second kappa shape index (κ2) is 5.06. The maximum absolute atomic E-state index is 13.3. The molecule has 0 bridgehead atoms. The van der Waals surface area contributed by atoms with Crippen molar-refractivity contribution < 1.29 is 9.18 Å². The maximum atomic E-state index is 13.3. The molecule has 0 aliphatic heterocycles. The van der Waals surface area contributed by atoms with Crippen LogP contribution in [0.3, 0.4) is 0 Å². The first kappa shape index (κ1) is 11.9. The van der Waals surface area contributed by atoms with Gasteiger partial charge in [0.1, 0.15) is 5.82 Å². The lowest BCUT2D eigenvalue weighted by Gasteiger charge is -2.05. The molecule has 0 saturated carbocycles. The summed E-state index contributed by atoms with van der Waals surface area (Å²) in [6.45, 7) is 5.44. The van der Waals surface area contributed by atoms with Crippen LogP contribution < -0.4 is 0 Å². The molecule has 0 saturated heterocycles. The summed E-state index contributed by atoms with van der Waals surface area (Å²) in [5.41, 5.74) is 1.74. The van der Waals surface area contributed by atoms with Gasteiger partial charge in [-0.15, -0.1) is 0 Å². The Labute approximate surface area is 90.3 Å². The Morgan fingerprint density at radius 3 is 2.27 bits per heavy atom. The van der Waals surface area contributed by atoms with Crippen molar-refractivity contribution in [2.75, 3.05) is 0 Å². The van der Waals surface area contributed by atoms with E-state index in [1.165, 1.54) is 0 Å². The monoisotopic (exact) mass is 208 g/mol. The Morgan fingerprint density at radius 1 is 1.27 bits per heavy atom. The number of aryl methyl sites for hydroxylation is 2. The Hall–Kier alpha value is -1.18. The Kier molecular flexibility index (Phi) is 4.01. The highest BCUT2D eigenvalue weighted by atomic mass is 19.1. The van der Waals surface area contributed by atoms with Crippen LogP contribution in [-0.2, 0) is 0 Å². The van der Waals surface area contributed by atoms with Crippen LogP contribution in [0.4, 0.5) is 4.39 Å². The first-order valence-electron chi connectivity index (χ1n) is 5.36. The molecular formula is C13H17FO. The van der Waals surface area contributed by atoms with Gasteiger partial charge in [0.25, 0.3) is 0 Å². The van der Waals surface area contributed by atoms with E-state index < -0.39 is 0 Å². The predicted molar refractivity (Wildman–Crippen MR) is 59.7 cm³/mol. The average molecular weight is 208 g/mol. The number of Topliss-reactive ketones (excluding diaryl/α,β-unsaturated/α-hetero) is 1. The molecule has 0 amide bonds. The standard InChI is InChI=1S/C13H17FO/c1-4-5-6-12(15)11-7-9(2)13(14)10(3)8-11/h7-8H,4-6H2,1-3H3. The van der Waals surface area contributed by atoms with Gasteiger partial charge in [0.2, 0.25) is 0 Å². The minimum absolute atomic E-state index is 0.114. The van der Waals surface area contributed by atoms with Gasteiger partial charge in [-0.25, -0.2) is 4.39 Å². The van der Waals surface area contributed by atoms with Crippen molar-refractivity contribution in [2.45, 2.75) is 40.0 Å². The Morgan fingerprint density at radius 2 is 1.80 bits per heavy atom. The minimum atomic E-state index is -0.206. The second-order valence-electron chi connectivity index (χ2n) is 3.95. The number of halogens is 1. The normalized spacial score (nSPS) is 10.4. The lowest BCUT2D eigenvalue weighted by Crippen LogP contribution is -2.01. The molecule has 0 fully saturated rings. The number of ketones is 1. The number of unbranched alkanes of at least 4 members (excludes halogenated alkanes) is 1. The average Bonchev–Trinajstić information content (AvgIpc) is 2.21. The molecule has 0 radical (unpaired) electrons. The molecule has 15 heavy (non-hydrogen) atoms. The number of carbonyl (C=O) groups excluding carboxylic acids is 1. The molecule has 0 spiro atoms. The topological polar surface area (TPSA) is 17.1 Å². The number of carbonyl (C=O) groups is 1. The fourth-order valence-corrected chi connectivity index (χ4v) is 1.59. The lowest BCUT2D eigenvalue weighted by atomic mass is 10.0. The number of hydrogen-bond donors (Lipinski definition) is 0. The molecule has 0 N–H and O–H groups in total. The van der Waals surface area contributed by atoms with Crippen LogP contribution in [0.5, 0.6) is 0 Å². The predicted octanol–water partition coefficient (Wildman–Crippen LogP) is 3.82. The van der Waals surface area contributed by atoms with Crippen LogP contribution in [-0.4, -0.2) is 5.78 Å². The number of rotatable bonds is 4. The van der Waals surface area contributed by atoms with Crippen molar-refractivity contribution in [3.05, 3.63) is 34.6 Å². The van der Waals surface area contributed by atoms with Gasteiger partial charge in [-0.2, -0.15) is 0 Å². The van der Waals surface area contributed by atoms with E-state index >= 15 is 0 Å². The van der Waals surface area contributed by atoms with E-state index in [2.05, 4.69) is 6.92 Å². The van der Waals surface area contributed by atoms with Crippen LogP contribution in [0.15, 0.2) is 12.1 Å². The van der Waals surface area contributed by atoms with Crippen LogP contribution >= 0.6 is 0 Å². The molecule has 0 aliphatic rings. The van der Waals surface area contributed by atoms with Crippen LogP contribution in [0.1, 0.15) is 47.7 Å². The van der Waals surface area contributed by atoms with Gasteiger partial charge >= 0.3 is 0 Å². The van der Waals surface area contributed by atoms with E-state index in [4.69, 9.17) is 0 Å². The SMILES string of the molecule is CCCCC(=O)c1cc(C)c(F)c(C)c1. The van der Waals surface area contributed by atoms with E-state index in [1.807, 2.05) is 0 Å². The Bertz CT molecular complexity index is 346.